The SMILES string of the molecule is CCC(CC)(CC)NC(N)=NC1CC1. The van der Waals surface area contributed by atoms with Crippen LogP contribution in [-0.2, 0) is 0 Å². The van der Waals surface area contributed by atoms with Gasteiger partial charge in [0.1, 0.15) is 0 Å². The molecule has 14 heavy (non-hydrogen) atoms. The van der Waals surface area contributed by atoms with Crippen molar-refractivity contribution in [3.05, 3.63) is 0 Å². The molecule has 0 spiro atoms. The van der Waals surface area contributed by atoms with Crippen molar-refractivity contribution >= 4 is 5.96 Å². The standard InChI is InChI=1S/C11H23N3/c1-4-11(5-2,6-3)14-10(12)13-9-7-8-9/h9H,4-8H2,1-3H3,(H3,12,13,14). The smallest absolute Gasteiger partial charge is 0.189 e. The maximum Gasteiger partial charge on any atom is 0.189 e. The summed E-state index contributed by atoms with van der Waals surface area (Å²) in [6.45, 7) is 6.60. The van der Waals surface area contributed by atoms with E-state index in [0.717, 1.165) is 19.3 Å². The molecule has 3 N–H and O–H groups in total. The Morgan fingerprint density at radius 1 is 1.29 bits per heavy atom. The van der Waals surface area contributed by atoms with Gasteiger partial charge in [0.05, 0.1) is 6.04 Å². The molecule has 1 rings (SSSR count). The van der Waals surface area contributed by atoms with E-state index >= 15 is 0 Å². The fraction of sp³-hybridized carbons (Fsp3) is 0.909. The average molecular weight is 197 g/mol. The average Bonchev–Trinajstić information content (AvgIpc) is 2.98. The topological polar surface area (TPSA) is 50.4 Å². The first-order valence-corrected chi connectivity index (χ1v) is 5.77. The highest BCUT2D eigenvalue weighted by molar-refractivity contribution is 5.79. The van der Waals surface area contributed by atoms with Crippen LogP contribution in [0.4, 0.5) is 0 Å². The zero-order valence-electron chi connectivity index (χ0n) is 9.64. The molecule has 0 amide bonds. The van der Waals surface area contributed by atoms with Crippen LogP contribution in [0.2, 0.25) is 0 Å². The Bertz CT molecular complexity index is 194. The first kappa shape index (κ1) is 11.3. The summed E-state index contributed by atoms with van der Waals surface area (Å²) in [5.41, 5.74) is 6.02. The van der Waals surface area contributed by atoms with Crippen LogP contribution in [0.15, 0.2) is 4.99 Å². The number of aliphatic imine (C=N–C) groups is 1. The lowest BCUT2D eigenvalue weighted by Gasteiger charge is -2.32. The molecule has 1 aliphatic carbocycles. The normalized spacial score (nSPS) is 18.4. The van der Waals surface area contributed by atoms with E-state index in [1.165, 1.54) is 12.8 Å². The monoisotopic (exact) mass is 197 g/mol. The third-order valence-electron chi connectivity index (χ3n) is 3.29. The highest BCUT2D eigenvalue weighted by Gasteiger charge is 2.26. The van der Waals surface area contributed by atoms with E-state index in [0.29, 0.717) is 12.0 Å². The van der Waals surface area contributed by atoms with Gasteiger partial charge in [0, 0.05) is 5.54 Å². The van der Waals surface area contributed by atoms with E-state index in [-0.39, 0.29) is 5.54 Å². The summed E-state index contributed by atoms with van der Waals surface area (Å²) in [6.07, 6.45) is 5.71. The van der Waals surface area contributed by atoms with Crippen molar-refractivity contribution in [3.8, 4) is 0 Å². The third-order valence-corrected chi connectivity index (χ3v) is 3.29. The fourth-order valence-electron chi connectivity index (χ4n) is 1.72. The maximum atomic E-state index is 5.87. The van der Waals surface area contributed by atoms with Crippen LogP contribution in [0.25, 0.3) is 0 Å². The van der Waals surface area contributed by atoms with E-state index in [1.54, 1.807) is 0 Å². The molecule has 0 aromatic rings. The van der Waals surface area contributed by atoms with Gasteiger partial charge in [-0.3, -0.25) is 4.99 Å². The van der Waals surface area contributed by atoms with Gasteiger partial charge in [-0.1, -0.05) is 20.8 Å². The number of nitrogens with zero attached hydrogens (tertiary/aromatic N) is 1. The van der Waals surface area contributed by atoms with Gasteiger partial charge in [-0.05, 0) is 32.1 Å². The molecule has 3 nitrogen and oxygen atoms in total. The van der Waals surface area contributed by atoms with Crippen LogP contribution in [0.3, 0.4) is 0 Å². The van der Waals surface area contributed by atoms with Crippen LogP contribution in [0.5, 0.6) is 0 Å². The van der Waals surface area contributed by atoms with Gasteiger partial charge in [-0.15, -0.1) is 0 Å². The Morgan fingerprint density at radius 2 is 1.79 bits per heavy atom. The Morgan fingerprint density at radius 3 is 2.14 bits per heavy atom. The van der Waals surface area contributed by atoms with Gasteiger partial charge < -0.3 is 11.1 Å². The Kier molecular flexibility index (Phi) is 3.78. The summed E-state index contributed by atoms with van der Waals surface area (Å²) in [7, 11) is 0. The van der Waals surface area contributed by atoms with Gasteiger partial charge in [0.15, 0.2) is 5.96 Å². The van der Waals surface area contributed by atoms with Crippen LogP contribution in [0, 0.1) is 0 Å². The van der Waals surface area contributed by atoms with Crippen LogP contribution < -0.4 is 11.1 Å². The van der Waals surface area contributed by atoms with Crippen LogP contribution >= 0.6 is 0 Å². The summed E-state index contributed by atoms with van der Waals surface area (Å²) in [5.74, 6) is 0.637. The van der Waals surface area contributed by atoms with Crippen LogP contribution in [0.1, 0.15) is 52.9 Å². The van der Waals surface area contributed by atoms with Crippen molar-refractivity contribution in [1.82, 2.24) is 5.32 Å². The molecule has 0 unspecified atom stereocenters. The number of hydrogen-bond donors (Lipinski definition) is 2. The predicted octanol–water partition coefficient (Wildman–Crippen LogP) is 2.02. The highest BCUT2D eigenvalue weighted by atomic mass is 15.2. The molecule has 0 aliphatic heterocycles. The lowest BCUT2D eigenvalue weighted by molar-refractivity contribution is 0.338. The number of nitrogens with one attached hydrogen (secondary N) is 1. The van der Waals surface area contributed by atoms with Crippen molar-refractivity contribution in [3.63, 3.8) is 0 Å². The maximum absolute atomic E-state index is 5.87. The van der Waals surface area contributed by atoms with Gasteiger partial charge in [-0.2, -0.15) is 0 Å². The summed E-state index contributed by atoms with van der Waals surface area (Å²) < 4.78 is 0. The highest BCUT2D eigenvalue weighted by Crippen LogP contribution is 2.24. The van der Waals surface area contributed by atoms with Gasteiger partial charge in [-0.25, -0.2) is 0 Å². The molecule has 3 heteroatoms. The van der Waals surface area contributed by atoms with Gasteiger partial charge in [0.25, 0.3) is 0 Å². The molecule has 0 aromatic carbocycles. The number of nitrogens with two attached hydrogens (primary N) is 1. The minimum atomic E-state index is 0.155. The van der Waals surface area contributed by atoms with Crippen molar-refractivity contribution < 1.29 is 0 Å². The molecule has 1 aliphatic rings. The molecule has 0 bridgehead atoms. The first-order valence-electron chi connectivity index (χ1n) is 5.77. The van der Waals surface area contributed by atoms with Gasteiger partial charge >= 0.3 is 0 Å². The molecular weight excluding hydrogens is 174 g/mol. The number of hydrogen-bond acceptors (Lipinski definition) is 1. The summed E-state index contributed by atoms with van der Waals surface area (Å²) >= 11 is 0. The second-order valence-corrected chi connectivity index (χ2v) is 4.21. The third kappa shape index (κ3) is 2.89. The zero-order chi connectivity index (χ0) is 10.6. The van der Waals surface area contributed by atoms with Crippen molar-refractivity contribution in [2.24, 2.45) is 10.7 Å². The Balaban J connectivity index is 2.52. The van der Waals surface area contributed by atoms with Crippen molar-refractivity contribution in [1.29, 1.82) is 0 Å². The molecule has 82 valence electrons. The number of rotatable bonds is 5. The molecular formula is C11H23N3. The molecule has 1 fully saturated rings. The second-order valence-electron chi connectivity index (χ2n) is 4.21. The largest absolute Gasteiger partial charge is 0.370 e. The lowest BCUT2D eigenvalue weighted by atomic mass is 9.90. The summed E-state index contributed by atoms with van der Waals surface area (Å²) in [6, 6.07) is 0.505. The molecule has 0 heterocycles. The van der Waals surface area contributed by atoms with Crippen LogP contribution in [-0.4, -0.2) is 17.5 Å². The van der Waals surface area contributed by atoms with E-state index in [4.69, 9.17) is 5.73 Å². The second kappa shape index (κ2) is 4.67. The molecule has 0 saturated heterocycles. The van der Waals surface area contributed by atoms with E-state index in [2.05, 4.69) is 31.1 Å². The zero-order valence-corrected chi connectivity index (χ0v) is 9.64. The number of guanidine groups is 1. The first-order chi connectivity index (χ1) is 6.65. The summed E-state index contributed by atoms with van der Waals surface area (Å²) in [4.78, 5) is 4.40. The Hall–Kier alpha value is -0.730. The quantitative estimate of drug-likeness (QED) is 0.523. The van der Waals surface area contributed by atoms with Gasteiger partial charge in [0.2, 0.25) is 0 Å². The van der Waals surface area contributed by atoms with E-state index in [1.807, 2.05) is 0 Å². The van der Waals surface area contributed by atoms with Crippen molar-refractivity contribution in [2.75, 3.05) is 0 Å². The lowest BCUT2D eigenvalue weighted by Crippen LogP contribution is -2.50. The molecule has 1 saturated carbocycles. The van der Waals surface area contributed by atoms with Crippen molar-refractivity contribution in [2.45, 2.75) is 64.5 Å². The fourth-order valence-corrected chi connectivity index (χ4v) is 1.72. The van der Waals surface area contributed by atoms with E-state index in [9.17, 15) is 0 Å². The predicted molar refractivity (Wildman–Crippen MR) is 61.4 cm³/mol. The van der Waals surface area contributed by atoms with E-state index < -0.39 is 0 Å². The molecule has 0 aromatic heterocycles. The molecule has 0 atom stereocenters. The Labute approximate surface area is 87.2 Å². The minimum Gasteiger partial charge on any atom is -0.370 e. The molecule has 0 radical (unpaired) electrons. The summed E-state index contributed by atoms with van der Waals surface area (Å²) in [5, 5.41) is 3.38. The minimum absolute atomic E-state index is 0.155.